The van der Waals surface area contributed by atoms with E-state index in [2.05, 4.69) is 46.2 Å². The fraction of sp³-hybridized carbons (Fsp3) is 0.639. The van der Waals surface area contributed by atoms with E-state index < -0.39 is 5.76 Å². The van der Waals surface area contributed by atoms with E-state index in [1.165, 1.54) is 11.1 Å². The minimum Gasteiger partial charge on any atom is -0.303 e. The highest BCUT2D eigenvalue weighted by molar-refractivity contribution is 5.90. The van der Waals surface area contributed by atoms with Crippen molar-refractivity contribution < 1.29 is 14.1 Å². The van der Waals surface area contributed by atoms with Gasteiger partial charge in [-0.25, -0.2) is 4.79 Å². The third kappa shape index (κ3) is 19.8. The van der Waals surface area contributed by atoms with Crippen LogP contribution in [0, 0.1) is 5.41 Å². The Kier molecular flexibility index (Phi) is 25.5. The van der Waals surface area contributed by atoms with Crippen LogP contribution in [0.25, 0.3) is 0 Å². The Labute approximate surface area is 267 Å². The number of amides is 1. The minimum absolute atomic E-state index is 0.129. The second kappa shape index (κ2) is 26.1. The summed E-state index contributed by atoms with van der Waals surface area (Å²) in [6.07, 6.45) is 20.9. The first-order valence-corrected chi connectivity index (χ1v) is 16.3. The van der Waals surface area contributed by atoms with Crippen LogP contribution in [-0.2, 0) is 9.59 Å². The van der Waals surface area contributed by atoms with Gasteiger partial charge in [0.1, 0.15) is 11.6 Å². The molecule has 1 aromatic rings. The smallest absolute Gasteiger partial charge is 0.303 e. The number of nitrogens with one attached hydrogen (secondary N) is 1. The zero-order valence-electron chi connectivity index (χ0n) is 29.5. The van der Waals surface area contributed by atoms with Gasteiger partial charge in [0.05, 0.1) is 0 Å². The molecule has 0 spiro atoms. The van der Waals surface area contributed by atoms with Crippen molar-refractivity contribution >= 4 is 18.0 Å². The molecule has 250 valence electrons. The van der Waals surface area contributed by atoms with Crippen molar-refractivity contribution in [2.75, 3.05) is 13.6 Å². The molecule has 0 saturated carbocycles. The first kappa shape index (κ1) is 42.8. The predicted octanol–water partition coefficient (Wildman–Crippen LogP) is 9.14. The van der Waals surface area contributed by atoms with Crippen LogP contribution in [0.3, 0.4) is 0 Å². The van der Waals surface area contributed by atoms with Crippen LogP contribution in [0.4, 0.5) is 0 Å². The second-order valence-electron chi connectivity index (χ2n) is 11.6. The number of hydrogen-bond donors (Lipinski definition) is 1. The molecule has 1 N–H and O–H groups in total. The summed E-state index contributed by atoms with van der Waals surface area (Å²) in [5, 5.41) is 3.72. The fourth-order valence-electron chi connectivity index (χ4n) is 4.20. The minimum atomic E-state index is -0.481. The molecule has 0 fully saturated rings. The summed E-state index contributed by atoms with van der Waals surface area (Å²) in [5.74, 6) is 1.61. The predicted molar refractivity (Wildman–Crippen MR) is 186 cm³/mol. The molecular weight excluding hydrogens is 552 g/mol. The van der Waals surface area contributed by atoms with Crippen molar-refractivity contribution in [3.8, 4) is 0 Å². The Hall–Kier alpha value is -3.29. The van der Waals surface area contributed by atoms with Crippen molar-refractivity contribution in [3.63, 3.8) is 0 Å². The third-order valence-electron chi connectivity index (χ3n) is 6.86. The van der Waals surface area contributed by atoms with Gasteiger partial charge >= 0.3 is 5.76 Å². The van der Waals surface area contributed by atoms with Crippen molar-refractivity contribution in [2.24, 2.45) is 10.4 Å². The van der Waals surface area contributed by atoms with Crippen LogP contribution in [0.1, 0.15) is 138 Å². The van der Waals surface area contributed by atoms with Crippen LogP contribution >= 0.6 is 0 Å². The van der Waals surface area contributed by atoms with E-state index >= 15 is 0 Å². The van der Waals surface area contributed by atoms with Gasteiger partial charge in [0.15, 0.2) is 5.82 Å². The van der Waals surface area contributed by atoms with E-state index in [9.17, 15) is 14.4 Å². The van der Waals surface area contributed by atoms with Crippen molar-refractivity contribution in [1.29, 1.82) is 0 Å². The summed E-state index contributed by atoms with van der Waals surface area (Å²) in [5.41, 5.74) is 2.40. The lowest BCUT2D eigenvalue weighted by Gasteiger charge is -2.19. The number of carbonyl (C=O) groups excluding carboxylic acids is 2. The molecule has 1 heterocycles. The van der Waals surface area contributed by atoms with Gasteiger partial charge in [0.2, 0.25) is 6.41 Å². The van der Waals surface area contributed by atoms with Gasteiger partial charge in [0, 0.05) is 37.8 Å². The topological polar surface area (TPSA) is 109 Å². The summed E-state index contributed by atoms with van der Waals surface area (Å²) in [6.45, 7) is 22.7. The van der Waals surface area contributed by atoms with Crippen molar-refractivity contribution in [1.82, 2.24) is 15.0 Å². The SMILES string of the molecule is C=C/C=C(/C)CCCCN(C=O)C(CCCC)=NC.CC.CC1=CC=CCCC1c1noc(=O)[nH]1.CCCC(=O)C(C)(C)C. The lowest BCUT2D eigenvalue weighted by Crippen LogP contribution is -2.30. The van der Waals surface area contributed by atoms with Crippen LogP contribution in [0.2, 0.25) is 0 Å². The summed E-state index contributed by atoms with van der Waals surface area (Å²) in [4.78, 5) is 41.6. The van der Waals surface area contributed by atoms with Crippen LogP contribution in [-0.4, -0.2) is 46.7 Å². The van der Waals surface area contributed by atoms with Gasteiger partial charge in [0.25, 0.3) is 0 Å². The highest BCUT2D eigenvalue weighted by atomic mass is 16.5. The Balaban J connectivity index is 0. The maximum absolute atomic E-state index is 11.1. The number of unbranched alkanes of at least 4 members (excludes halogenated alkanes) is 2. The standard InChI is InChI=1S/C16H28N2O.C10H12N2O2.C8H16O.C2H6/c1-5-7-12-16(17-4)18(14-19)13-9-8-11-15(3)10-6-2;1-7-5-3-2-4-6-8(7)9-11-10(13)14-12-9;1-5-6-7(9)8(2,3)4;1-2/h6,10,14H,2,5,7-9,11-13H2,1,3-4H3;2-3,5,8H,4,6H2,1H3,(H,11,12,13);5-6H2,1-4H3;1-2H3/b15-10-,17-16?;;;. The molecule has 2 rings (SSSR count). The number of rotatable bonds is 13. The van der Waals surface area contributed by atoms with Crippen LogP contribution in [0.15, 0.2) is 62.4 Å². The summed E-state index contributed by atoms with van der Waals surface area (Å²) >= 11 is 0. The number of carbonyl (C=O) groups is 2. The second-order valence-corrected chi connectivity index (χ2v) is 11.6. The third-order valence-corrected chi connectivity index (χ3v) is 6.86. The molecule has 8 heteroatoms. The molecule has 0 bridgehead atoms. The number of ketones is 1. The maximum atomic E-state index is 11.1. The average molecular weight is 615 g/mol. The number of H-pyrrole nitrogens is 1. The maximum Gasteiger partial charge on any atom is 0.438 e. The molecule has 8 nitrogen and oxygen atoms in total. The van der Waals surface area contributed by atoms with Crippen molar-refractivity contribution in [2.45, 2.75) is 132 Å². The van der Waals surface area contributed by atoms with E-state index in [1.54, 1.807) is 11.9 Å². The molecule has 0 saturated heterocycles. The zero-order chi connectivity index (χ0) is 34.0. The van der Waals surface area contributed by atoms with Gasteiger partial charge in [-0.2, -0.15) is 0 Å². The fourth-order valence-corrected chi connectivity index (χ4v) is 4.20. The van der Waals surface area contributed by atoms with Gasteiger partial charge in [-0.15, -0.1) is 0 Å². The number of aliphatic imine (C=N–C) groups is 1. The summed E-state index contributed by atoms with van der Waals surface area (Å²) in [6, 6.07) is 0. The first-order valence-electron chi connectivity index (χ1n) is 16.3. The lowest BCUT2D eigenvalue weighted by atomic mass is 9.88. The van der Waals surface area contributed by atoms with Crippen molar-refractivity contribution in [3.05, 3.63) is 64.5 Å². The van der Waals surface area contributed by atoms with Crippen LogP contribution in [0.5, 0.6) is 0 Å². The molecule has 1 aliphatic rings. The highest BCUT2D eigenvalue weighted by Gasteiger charge is 2.19. The largest absolute Gasteiger partial charge is 0.438 e. The molecule has 1 amide bonds. The molecule has 1 aromatic heterocycles. The summed E-state index contributed by atoms with van der Waals surface area (Å²) in [7, 11) is 1.76. The molecule has 1 aliphatic carbocycles. The van der Waals surface area contributed by atoms with Gasteiger partial charge < -0.3 is 4.90 Å². The first-order chi connectivity index (χ1) is 20.9. The number of amidine groups is 1. The molecule has 0 aromatic carbocycles. The molecular formula is C36H62N4O4. The number of Topliss-reactive ketones (excluding diaryl/α,β-unsaturated/α-hetero) is 1. The van der Waals surface area contributed by atoms with E-state index in [4.69, 9.17) is 0 Å². The number of allylic oxidation sites excluding steroid dienone is 7. The Morgan fingerprint density at radius 2 is 1.84 bits per heavy atom. The quantitative estimate of drug-likeness (QED) is 0.0783. The average Bonchev–Trinajstić information content (AvgIpc) is 3.31. The van der Waals surface area contributed by atoms with E-state index in [0.29, 0.717) is 11.6 Å². The normalized spacial score (nSPS) is 14.8. The van der Waals surface area contributed by atoms with Gasteiger partial charge in [-0.05, 0) is 58.8 Å². The zero-order valence-corrected chi connectivity index (χ0v) is 29.5. The highest BCUT2D eigenvalue weighted by Crippen LogP contribution is 2.27. The Morgan fingerprint density at radius 1 is 1.16 bits per heavy atom. The summed E-state index contributed by atoms with van der Waals surface area (Å²) < 4.78 is 4.50. The number of nitrogens with zero attached hydrogens (tertiary/aromatic N) is 3. The molecule has 0 radical (unpaired) electrons. The molecule has 1 unspecified atom stereocenters. The van der Waals surface area contributed by atoms with Gasteiger partial charge in [-0.1, -0.05) is 108 Å². The van der Waals surface area contributed by atoms with E-state index in [-0.39, 0.29) is 11.3 Å². The van der Waals surface area contributed by atoms with E-state index in [1.807, 2.05) is 72.8 Å². The Morgan fingerprint density at radius 3 is 2.32 bits per heavy atom. The van der Waals surface area contributed by atoms with E-state index in [0.717, 1.165) is 83.0 Å². The molecule has 0 aliphatic heterocycles. The Bertz CT molecular complexity index is 1100. The monoisotopic (exact) mass is 614 g/mol. The van der Waals surface area contributed by atoms with Gasteiger partial charge in [-0.3, -0.25) is 24.1 Å². The van der Waals surface area contributed by atoms with Crippen LogP contribution < -0.4 is 5.76 Å². The number of aromatic nitrogens is 2. The molecule has 1 atom stereocenters. The lowest BCUT2D eigenvalue weighted by molar-refractivity contribution is -0.126. The number of aromatic amines is 1. The molecule has 44 heavy (non-hydrogen) atoms. The number of hydrogen-bond acceptors (Lipinski definition) is 6.